The van der Waals surface area contributed by atoms with E-state index in [1.54, 1.807) is 25.0 Å². The summed E-state index contributed by atoms with van der Waals surface area (Å²) in [5.74, 6) is 0. The monoisotopic (exact) mass is 240 g/mol. The van der Waals surface area contributed by atoms with Gasteiger partial charge in [-0.1, -0.05) is 30.3 Å². The molecule has 0 spiro atoms. The van der Waals surface area contributed by atoms with Crippen molar-refractivity contribution in [2.45, 2.75) is 5.60 Å². The Labute approximate surface area is 104 Å². The van der Waals surface area contributed by atoms with E-state index in [9.17, 15) is 5.11 Å². The van der Waals surface area contributed by atoms with Crippen LogP contribution in [0.4, 0.5) is 0 Å². The van der Waals surface area contributed by atoms with Gasteiger partial charge in [0.05, 0.1) is 36.4 Å². The van der Waals surface area contributed by atoms with Gasteiger partial charge in [0.15, 0.2) is 5.60 Å². The molecular weight excluding hydrogens is 228 g/mol. The Bertz CT molecular complexity index is 568. The highest BCUT2D eigenvalue weighted by atomic mass is 16.3. The molecule has 0 bridgehead atoms. The van der Waals surface area contributed by atoms with E-state index in [2.05, 4.69) is 19.9 Å². The minimum Gasteiger partial charge on any atom is -0.373 e. The van der Waals surface area contributed by atoms with Crippen LogP contribution in [0.5, 0.6) is 0 Å². The number of nitrogens with zero attached hydrogens (tertiary/aromatic N) is 2. The number of aromatic amines is 2. The summed E-state index contributed by atoms with van der Waals surface area (Å²) in [5, 5.41) is 11.1. The fourth-order valence-electron chi connectivity index (χ4n) is 2.04. The third kappa shape index (κ3) is 1.53. The predicted molar refractivity (Wildman–Crippen MR) is 65.7 cm³/mol. The SMILES string of the molecule is OC(c1ccccc1)(c1cnc[nH]1)c1cnc[nH]1. The third-order valence-electron chi connectivity index (χ3n) is 2.97. The van der Waals surface area contributed by atoms with E-state index in [0.717, 1.165) is 5.56 Å². The first-order valence-electron chi connectivity index (χ1n) is 5.57. The summed E-state index contributed by atoms with van der Waals surface area (Å²) in [6.45, 7) is 0. The van der Waals surface area contributed by atoms with Crippen LogP contribution >= 0.6 is 0 Å². The zero-order valence-corrected chi connectivity index (χ0v) is 9.54. The lowest BCUT2D eigenvalue weighted by Crippen LogP contribution is -2.29. The largest absolute Gasteiger partial charge is 0.373 e. The molecule has 18 heavy (non-hydrogen) atoms. The second-order valence-corrected chi connectivity index (χ2v) is 4.01. The third-order valence-corrected chi connectivity index (χ3v) is 2.97. The van der Waals surface area contributed by atoms with Crippen molar-refractivity contribution < 1.29 is 5.11 Å². The van der Waals surface area contributed by atoms with Gasteiger partial charge in [-0.3, -0.25) is 0 Å². The molecule has 2 aromatic heterocycles. The lowest BCUT2D eigenvalue weighted by molar-refractivity contribution is 0.117. The predicted octanol–water partition coefficient (Wildman–Crippen LogP) is 1.42. The van der Waals surface area contributed by atoms with Crippen molar-refractivity contribution in [2.24, 2.45) is 0 Å². The molecule has 0 aliphatic rings. The highest BCUT2D eigenvalue weighted by Crippen LogP contribution is 2.33. The Morgan fingerprint density at radius 2 is 1.44 bits per heavy atom. The molecule has 0 aliphatic heterocycles. The number of hydrogen-bond acceptors (Lipinski definition) is 3. The van der Waals surface area contributed by atoms with Gasteiger partial charge in [-0.25, -0.2) is 9.97 Å². The molecule has 0 aliphatic carbocycles. The Balaban J connectivity index is 2.22. The number of aromatic nitrogens is 4. The number of aliphatic hydroxyl groups is 1. The minimum absolute atomic E-state index is 0.595. The zero-order chi connectivity index (χ0) is 12.4. The molecule has 1 aromatic carbocycles. The number of nitrogens with one attached hydrogen (secondary N) is 2. The number of rotatable bonds is 3. The van der Waals surface area contributed by atoms with Gasteiger partial charge in [-0.15, -0.1) is 0 Å². The van der Waals surface area contributed by atoms with Crippen LogP contribution in [0.3, 0.4) is 0 Å². The molecule has 5 nitrogen and oxygen atoms in total. The van der Waals surface area contributed by atoms with Crippen LogP contribution in [0.15, 0.2) is 55.4 Å². The van der Waals surface area contributed by atoms with Gasteiger partial charge in [0.2, 0.25) is 0 Å². The van der Waals surface area contributed by atoms with Crippen LogP contribution in [0.2, 0.25) is 0 Å². The molecule has 3 aromatic rings. The maximum absolute atomic E-state index is 11.1. The van der Waals surface area contributed by atoms with E-state index in [1.807, 2.05) is 30.3 Å². The normalized spacial score (nSPS) is 11.6. The lowest BCUT2D eigenvalue weighted by atomic mass is 9.88. The van der Waals surface area contributed by atoms with Crippen molar-refractivity contribution in [2.75, 3.05) is 0 Å². The maximum atomic E-state index is 11.1. The van der Waals surface area contributed by atoms with Crippen molar-refractivity contribution in [1.82, 2.24) is 19.9 Å². The molecule has 5 heteroatoms. The number of imidazole rings is 2. The molecule has 0 unspecified atom stereocenters. The van der Waals surface area contributed by atoms with Gasteiger partial charge < -0.3 is 15.1 Å². The molecule has 90 valence electrons. The molecule has 0 fully saturated rings. The summed E-state index contributed by atoms with van der Waals surface area (Å²) in [6, 6.07) is 9.40. The molecule has 0 saturated carbocycles. The van der Waals surface area contributed by atoms with Crippen molar-refractivity contribution in [3.8, 4) is 0 Å². The second-order valence-electron chi connectivity index (χ2n) is 4.01. The number of benzene rings is 1. The molecule has 3 rings (SSSR count). The van der Waals surface area contributed by atoms with Gasteiger partial charge in [0.25, 0.3) is 0 Å². The van der Waals surface area contributed by atoms with E-state index in [0.29, 0.717) is 11.4 Å². The quantitative estimate of drug-likeness (QED) is 0.648. The van der Waals surface area contributed by atoms with Gasteiger partial charge in [-0.2, -0.15) is 0 Å². The summed E-state index contributed by atoms with van der Waals surface area (Å²) in [4.78, 5) is 13.9. The second kappa shape index (κ2) is 4.12. The van der Waals surface area contributed by atoms with Crippen LogP contribution < -0.4 is 0 Å². The van der Waals surface area contributed by atoms with E-state index in [4.69, 9.17) is 0 Å². The first kappa shape index (κ1) is 10.7. The van der Waals surface area contributed by atoms with Gasteiger partial charge >= 0.3 is 0 Å². The Morgan fingerprint density at radius 1 is 0.889 bits per heavy atom. The Hall–Kier alpha value is -2.40. The molecule has 0 amide bonds. The number of H-pyrrole nitrogens is 2. The van der Waals surface area contributed by atoms with E-state index < -0.39 is 5.60 Å². The van der Waals surface area contributed by atoms with Crippen LogP contribution in [-0.2, 0) is 5.60 Å². The average Bonchev–Trinajstić information content (AvgIpc) is 3.12. The van der Waals surface area contributed by atoms with Crippen LogP contribution in [0, 0.1) is 0 Å². The molecule has 2 heterocycles. The Morgan fingerprint density at radius 3 is 1.89 bits per heavy atom. The fraction of sp³-hybridized carbons (Fsp3) is 0.0769. The summed E-state index contributed by atoms with van der Waals surface area (Å²) >= 11 is 0. The molecule has 0 radical (unpaired) electrons. The average molecular weight is 240 g/mol. The molecule has 0 saturated heterocycles. The van der Waals surface area contributed by atoms with Gasteiger partial charge in [0, 0.05) is 0 Å². The summed E-state index contributed by atoms with van der Waals surface area (Å²) in [5.41, 5.74) is 0.642. The van der Waals surface area contributed by atoms with Crippen LogP contribution in [-0.4, -0.2) is 25.0 Å². The first-order chi connectivity index (χ1) is 8.82. The highest BCUT2D eigenvalue weighted by Gasteiger charge is 2.36. The van der Waals surface area contributed by atoms with E-state index in [-0.39, 0.29) is 0 Å². The van der Waals surface area contributed by atoms with Crippen molar-refractivity contribution in [3.05, 3.63) is 72.3 Å². The molecule has 3 N–H and O–H groups in total. The maximum Gasteiger partial charge on any atom is 0.173 e. The smallest absolute Gasteiger partial charge is 0.173 e. The number of hydrogen-bond donors (Lipinski definition) is 3. The van der Waals surface area contributed by atoms with Crippen LogP contribution in [0.1, 0.15) is 17.0 Å². The summed E-state index contributed by atoms with van der Waals surface area (Å²) in [7, 11) is 0. The van der Waals surface area contributed by atoms with Gasteiger partial charge in [-0.05, 0) is 5.56 Å². The molecule has 0 atom stereocenters. The molecular formula is C13H12N4O. The fourth-order valence-corrected chi connectivity index (χ4v) is 2.04. The zero-order valence-electron chi connectivity index (χ0n) is 9.54. The Kier molecular flexibility index (Phi) is 2.46. The minimum atomic E-state index is -1.30. The van der Waals surface area contributed by atoms with Crippen LogP contribution in [0.25, 0.3) is 0 Å². The summed E-state index contributed by atoms with van der Waals surface area (Å²) in [6.07, 6.45) is 6.29. The van der Waals surface area contributed by atoms with E-state index in [1.165, 1.54) is 0 Å². The summed E-state index contributed by atoms with van der Waals surface area (Å²) < 4.78 is 0. The van der Waals surface area contributed by atoms with Gasteiger partial charge in [0.1, 0.15) is 0 Å². The van der Waals surface area contributed by atoms with E-state index >= 15 is 0 Å². The van der Waals surface area contributed by atoms with Crippen molar-refractivity contribution in [1.29, 1.82) is 0 Å². The highest BCUT2D eigenvalue weighted by molar-refractivity contribution is 5.39. The standard InChI is InChI=1S/C13H12N4O/c18-13(11-6-14-8-16-11,12-7-15-9-17-12)10-4-2-1-3-5-10/h1-9,18H,(H,14,16)(H,15,17). The van der Waals surface area contributed by atoms with Crippen molar-refractivity contribution >= 4 is 0 Å². The lowest BCUT2D eigenvalue weighted by Gasteiger charge is -2.26. The topological polar surface area (TPSA) is 77.6 Å². The first-order valence-corrected chi connectivity index (χ1v) is 5.57. The van der Waals surface area contributed by atoms with Crippen molar-refractivity contribution in [3.63, 3.8) is 0 Å².